The van der Waals surface area contributed by atoms with Crippen LogP contribution in [-0.4, -0.2) is 49.4 Å². The molecule has 24 heavy (non-hydrogen) atoms. The highest BCUT2D eigenvalue weighted by atomic mass is 16.5. The normalized spacial score (nSPS) is 15.8. The molecule has 0 spiro atoms. The predicted octanol–water partition coefficient (Wildman–Crippen LogP) is 1.76. The number of ether oxygens (including phenoxy) is 1. The highest BCUT2D eigenvalue weighted by molar-refractivity contribution is 6.06. The molecule has 2 N–H and O–H groups in total. The van der Waals surface area contributed by atoms with Crippen LogP contribution in [0.2, 0.25) is 0 Å². The second-order valence-electron chi connectivity index (χ2n) is 6.19. The molecule has 1 amide bonds. The SMILES string of the molecule is COCCCNC(=O)c1cc(C)nc2onc(C3CCNCC3)c12. The number of aryl methyl sites for hydroxylation is 1. The van der Waals surface area contributed by atoms with Crippen molar-refractivity contribution in [1.82, 2.24) is 20.8 Å². The Morgan fingerprint density at radius 3 is 3.00 bits per heavy atom. The number of nitrogens with zero attached hydrogens (tertiary/aromatic N) is 2. The topological polar surface area (TPSA) is 89.3 Å². The van der Waals surface area contributed by atoms with Gasteiger partial charge in [-0.05, 0) is 45.3 Å². The molecule has 0 radical (unpaired) electrons. The Hall–Kier alpha value is -1.99. The number of methoxy groups -OCH3 is 1. The predicted molar refractivity (Wildman–Crippen MR) is 90.2 cm³/mol. The Morgan fingerprint density at radius 2 is 2.25 bits per heavy atom. The fraction of sp³-hybridized carbons (Fsp3) is 0.588. The van der Waals surface area contributed by atoms with Gasteiger partial charge < -0.3 is 19.9 Å². The van der Waals surface area contributed by atoms with E-state index in [1.165, 1.54) is 0 Å². The molecule has 3 rings (SSSR count). The quantitative estimate of drug-likeness (QED) is 0.784. The van der Waals surface area contributed by atoms with Gasteiger partial charge >= 0.3 is 0 Å². The Morgan fingerprint density at radius 1 is 1.46 bits per heavy atom. The van der Waals surface area contributed by atoms with Gasteiger partial charge in [0.25, 0.3) is 11.6 Å². The number of carbonyl (C=O) groups excluding carboxylic acids is 1. The van der Waals surface area contributed by atoms with Crippen molar-refractivity contribution in [3.8, 4) is 0 Å². The van der Waals surface area contributed by atoms with Crippen molar-refractivity contribution < 1.29 is 14.1 Å². The second kappa shape index (κ2) is 7.72. The molecule has 3 heterocycles. The Kier molecular flexibility index (Phi) is 5.42. The third kappa shape index (κ3) is 3.57. The van der Waals surface area contributed by atoms with Gasteiger partial charge in [-0.25, -0.2) is 4.98 Å². The number of nitrogens with one attached hydrogen (secondary N) is 2. The summed E-state index contributed by atoms with van der Waals surface area (Å²) in [7, 11) is 1.65. The molecule has 130 valence electrons. The maximum Gasteiger partial charge on any atom is 0.259 e. The maximum atomic E-state index is 12.6. The zero-order chi connectivity index (χ0) is 16.9. The van der Waals surface area contributed by atoms with E-state index >= 15 is 0 Å². The summed E-state index contributed by atoms with van der Waals surface area (Å²) >= 11 is 0. The van der Waals surface area contributed by atoms with Gasteiger partial charge in [0.15, 0.2) is 0 Å². The third-order valence-electron chi connectivity index (χ3n) is 4.38. The molecule has 2 aromatic heterocycles. The van der Waals surface area contributed by atoms with Gasteiger partial charge in [-0.2, -0.15) is 0 Å². The molecular weight excluding hydrogens is 308 g/mol. The van der Waals surface area contributed by atoms with E-state index in [4.69, 9.17) is 9.26 Å². The minimum Gasteiger partial charge on any atom is -0.385 e. The number of piperidine rings is 1. The first kappa shape index (κ1) is 16.9. The van der Waals surface area contributed by atoms with E-state index in [1.54, 1.807) is 7.11 Å². The van der Waals surface area contributed by atoms with Gasteiger partial charge in [-0.1, -0.05) is 5.16 Å². The lowest BCUT2D eigenvalue weighted by Gasteiger charge is -2.21. The van der Waals surface area contributed by atoms with Crippen LogP contribution in [0.15, 0.2) is 10.6 Å². The Labute approximate surface area is 141 Å². The Balaban J connectivity index is 1.90. The molecule has 0 bridgehead atoms. The zero-order valence-corrected chi connectivity index (χ0v) is 14.2. The van der Waals surface area contributed by atoms with Gasteiger partial charge in [0.2, 0.25) is 0 Å². The van der Waals surface area contributed by atoms with Crippen LogP contribution in [0.1, 0.15) is 46.9 Å². The lowest BCUT2D eigenvalue weighted by molar-refractivity contribution is 0.0950. The number of pyridine rings is 1. The molecule has 7 heteroatoms. The second-order valence-corrected chi connectivity index (χ2v) is 6.19. The van der Waals surface area contributed by atoms with E-state index in [9.17, 15) is 4.79 Å². The lowest BCUT2D eigenvalue weighted by Crippen LogP contribution is -2.28. The molecule has 1 aliphatic rings. The number of fused-ring (bicyclic) bond motifs is 1. The summed E-state index contributed by atoms with van der Waals surface area (Å²) < 4.78 is 10.4. The minimum absolute atomic E-state index is 0.111. The van der Waals surface area contributed by atoms with Crippen molar-refractivity contribution in [2.45, 2.75) is 32.1 Å². The van der Waals surface area contributed by atoms with Crippen LogP contribution in [-0.2, 0) is 4.74 Å². The van der Waals surface area contributed by atoms with E-state index in [1.807, 2.05) is 13.0 Å². The molecular formula is C17H24N4O3. The van der Waals surface area contributed by atoms with Crippen molar-refractivity contribution in [3.05, 3.63) is 23.0 Å². The number of hydrogen-bond acceptors (Lipinski definition) is 6. The highest BCUT2D eigenvalue weighted by Crippen LogP contribution is 2.32. The number of amides is 1. The number of rotatable bonds is 6. The summed E-state index contributed by atoms with van der Waals surface area (Å²) in [5, 5.41) is 11.3. The van der Waals surface area contributed by atoms with Crippen LogP contribution in [0.25, 0.3) is 11.1 Å². The van der Waals surface area contributed by atoms with E-state index < -0.39 is 0 Å². The molecule has 7 nitrogen and oxygen atoms in total. The van der Waals surface area contributed by atoms with Crippen LogP contribution in [0.3, 0.4) is 0 Å². The largest absolute Gasteiger partial charge is 0.385 e. The first-order valence-corrected chi connectivity index (χ1v) is 8.45. The van der Waals surface area contributed by atoms with E-state index in [0.717, 1.165) is 49.1 Å². The molecule has 0 unspecified atom stereocenters. The van der Waals surface area contributed by atoms with Crippen molar-refractivity contribution in [2.24, 2.45) is 0 Å². The number of aromatic nitrogens is 2. The van der Waals surface area contributed by atoms with Gasteiger partial charge in [-0.15, -0.1) is 0 Å². The van der Waals surface area contributed by atoms with Crippen LogP contribution < -0.4 is 10.6 Å². The van der Waals surface area contributed by atoms with E-state index in [-0.39, 0.29) is 5.91 Å². The summed E-state index contributed by atoms with van der Waals surface area (Å²) in [5.74, 6) is 0.192. The molecule has 1 aliphatic heterocycles. The summed E-state index contributed by atoms with van der Waals surface area (Å²) in [4.78, 5) is 17.0. The summed E-state index contributed by atoms with van der Waals surface area (Å²) in [6, 6.07) is 1.82. The molecule has 0 aromatic carbocycles. The van der Waals surface area contributed by atoms with E-state index in [0.29, 0.717) is 30.3 Å². The lowest BCUT2D eigenvalue weighted by atomic mass is 9.91. The number of carbonyl (C=O) groups is 1. The molecule has 0 saturated carbocycles. The summed E-state index contributed by atoms with van der Waals surface area (Å²) in [6.07, 6.45) is 2.76. The van der Waals surface area contributed by atoms with Crippen molar-refractivity contribution in [1.29, 1.82) is 0 Å². The molecule has 1 saturated heterocycles. The molecule has 0 atom stereocenters. The van der Waals surface area contributed by atoms with Gasteiger partial charge in [0, 0.05) is 31.9 Å². The van der Waals surface area contributed by atoms with Crippen LogP contribution in [0, 0.1) is 6.92 Å². The van der Waals surface area contributed by atoms with Crippen LogP contribution in [0.5, 0.6) is 0 Å². The van der Waals surface area contributed by atoms with Crippen molar-refractivity contribution in [3.63, 3.8) is 0 Å². The fourth-order valence-electron chi connectivity index (χ4n) is 3.16. The van der Waals surface area contributed by atoms with Gasteiger partial charge in [0.1, 0.15) is 0 Å². The zero-order valence-electron chi connectivity index (χ0n) is 14.2. The first-order valence-electron chi connectivity index (χ1n) is 8.45. The number of hydrogen-bond donors (Lipinski definition) is 2. The van der Waals surface area contributed by atoms with Crippen LogP contribution >= 0.6 is 0 Å². The molecule has 2 aromatic rings. The average molecular weight is 332 g/mol. The van der Waals surface area contributed by atoms with Crippen molar-refractivity contribution >= 4 is 17.0 Å². The monoisotopic (exact) mass is 332 g/mol. The molecule has 0 aliphatic carbocycles. The van der Waals surface area contributed by atoms with Gasteiger partial charge in [0.05, 0.1) is 16.6 Å². The van der Waals surface area contributed by atoms with E-state index in [2.05, 4.69) is 20.8 Å². The smallest absolute Gasteiger partial charge is 0.259 e. The summed E-state index contributed by atoms with van der Waals surface area (Å²) in [6.45, 7) is 4.96. The standard InChI is InChI=1S/C17H24N4O3/c1-11-10-13(16(22)19-6-3-9-23-2)14-15(21-24-17(14)20-11)12-4-7-18-8-5-12/h10,12,18H,3-9H2,1-2H3,(H,19,22). The average Bonchev–Trinajstić information content (AvgIpc) is 3.02. The van der Waals surface area contributed by atoms with Crippen LogP contribution in [0.4, 0.5) is 0 Å². The Bertz CT molecular complexity index is 707. The fourth-order valence-corrected chi connectivity index (χ4v) is 3.16. The minimum atomic E-state index is -0.111. The van der Waals surface area contributed by atoms with Crippen molar-refractivity contribution in [2.75, 3.05) is 33.4 Å². The first-order chi connectivity index (χ1) is 11.7. The highest BCUT2D eigenvalue weighted by Gasteiger charge is 2.26. The van der Waals surface area contributed by atoms with Gasteiger partial charge in [-0.3, -0.25) is 4.79 Å². The summed E-state index contributed by atoms with van der Waals surface area (Å²) in [5.41, 5.74) is 2.66. The third-order valence-corrected chi connectivity index (χ3v) is 4.38. The maximum absolute atomic E-state index is 12.6. The molecule has 1 fully saturated rings.